The van der Waals surface area contributed by atoms with Crippen LogP contribution in [0.1, 0.15) is 39.0 Å². The van der Waals surface area contributed by atoms with Crippen molar-refractivity contribution in [1.82, 2.24) is 9.80 Å². The van der Waals surface area contributed by atoms with Crippen LogP contribution in [-0.2, 0) is 0 Å². The maximum absolute atomic E-state index is 8.48. The van der Waals surface area contributed by atoms with E-state index in [-0.39, 0.29) is 0 Å². The van der Waals surface area contributed by atoms with Gasteiger partial charge in [0.25, 0.3) is 0 Å². The van der Waals surface area contributed by atoms with Gasteiger partial charge in [0.2, 0.25) is 0 Å². The molecule has 0 aliphatic carbocycles. The van der Waals surface area contributed by atoms with Crippen LogP contribution in [0.4, 0.5) is 0 Å². The van der Waals surface area contributed by atoms with Crippen LogP contribution in [0, 0.1) is 0 Å². The molecule has 1 aliphatic heterocycles. The first kappa shape index (κ1) is 15.2. The SMILES string of the molecule is CCC1CN(C)CCCN1CCCCC(N)=NO. The molecule has 0 aromatic carbocycles. The highest BCUT2D eigenvalue weighted by atomic mass is 16.4. The standard InChI is InChI=1S/C13H28N4O/c1-3-12-11-16(2)8-6-10-17(12)9-5-4-7-13(14)15-18/h12,18H,3-11H2,1-2H3,(H2,14,15). The average molecular weight is 256 g/mol. The summed E-state index contributed by atoms with van der Waals surface area (Å²) in [6.07, 6.45) is 5.29. The van der Waals surface area contributed by atoms with Crippen molar-refractivity contribution in [2.45, 2.75) is 45.1 Å². The zero-order valence-electron chi connectivity index (χ0n) is 11.8. The molecule has 1 atom stereocenters. The van der Waals surface area contributed by atoms with E-state index in [0.29, 0.717) is 18.3 Å². The Morgan fingerprint density at radius 1 is 1.39 bits per heavy atom. The number of oxime groups is 1. The van der Waals surface area contributed by atoms with E-state index in [1.807, 2.05) is 0 Å². The van der Waals surface area contributed by atoms with E-state index in [0.717, 1.165) is 19.4 Å². The van der Waals surface area contributed by atoms with Gasteiger partial charge in [-0.2, -0.15) is 0 Å². The quantitative estimate of drug-likeness (QED) is 0.247. The van der Waals surface area contributed by atoms with Crippen LogP contribution < -0.4 is 5.73 Å². The summed E-state index contributed by atoms with van der Waals surface area (Å²) >= 11 is 0. The minimum atomic E-state index is 0.345. The van der Waals surface area contributed by atoms with Crippen molar-refractivity contribution in [3.8, 4) is 0 Å². The molecule has 0 bridgehead atoms. The molecule has 0 amide bonds. The Balaban J connectivity index is 2.30. The third kappa shape index (κ3) is 5.23. The van der Waals surface area contributed by atoms with E-state index >= 15 is 0 Å². The van der Waals surface area contributed by atoms with Crippen molar-refractivity contribution in [2.24, 2.45) is 10.9 Å². The molecule has 1 aliphatic rings. The molecule has 0 radical (unpaired) electrons. The Morgan fingerprint density at radius 3 is 2.83 bits per heavy atom. The molecule has 1 fully saturated rings. The number of amidine groups is 1. The lowest BCUT2D eigenvalue weighted by Crippen LogP contribution is -2.40. The predicted octanol–water partition coefficient (Wildman–Crippen LogP) is 1.32. The number of nitrogens with zero attached hydrogens (tertiary/aromatic N) is 3. The fourth-order valence-electron chi connectivity index (χ4n) is 2.65. The minimum Gasteiger partial charge on any atom is -0.409 e. The Morgan fingerprint density at radius 2 is 2.17 bits per heavy atom. The normalized spacial score (nSPS) is 24.1. The summed E-state index contributed by atoms with van der Waals surface area (Å²) in [6, 6.07) is 0.682. The highest BCUT2D eigenvalue weighted by Gasteiger charge is 2.21. The Hall–Kier alpha value is -0.810. The predicted molar refractivity (Wildman–Crippen MR) is 75.0 cm³/mol. The summed E-state index contributed by atoms with van der Waals surface area (Å²) < 4.78 is 0. The Labute approximate surface area is 111 Å². The number of likely N-dealkylation sites (N-methyl/N-ethyl adjacent to an activating group) is 1. The lowest BCUT2D eigenvalue weighted by atomic mass is 10.1. The average Bonchev–Trinajstić information content (AvgIpc) is 2.55. The van der Waals surface area contributed by atoms with Gasteiger partial charge in [-0.3, -0.25) is 4.90 Å². The number of nitrogens with two attached hydrogens (primary N) is 1. The fourth-order valence-corrected chi connectivity index (χ4v) is 2.65. The van der Waals surface area contributed by atoms with Gasteiger partial charge in [0.15, 0.2) is 0 Å². The summed E-state index contributed by atoms with van der Waals surface area (Å²) in [4.78, 5) is 5.04. The zero-order chi connectivity index (χ0) is 13.4. The van der Waals surface area contributed by atoms with E-state index in [1.54, 1.807) is 0 Å². The van der Waals surface area contributed by atoms with Crippen molar-refractivity contribution in [3.05, 3.63) is 0 Å². The van der Waals surface area contributed by atoms with Gasteiger partial charge >= 0.3 is 0 Å². The van der Waals surface area contributed by atoms with Crippen LogP contribution in [0.5, 0.6) is 0 Å². The van der Waals surface area contributed by atoms with Gasteiger partial charge in [-0.1, -0.05) is 12.1 Å². The number of rotatable bonds is 6. The van der Waals surface area contributed by atoms with Crippen LogP contribution >= 0.6 is 0 Å². The molecule has 0 aromatic rings. The van der Waals surface area contributed by atoms with Crippen LogP contribution in [0.25, 0.3) is 0 Å². The molecule has 1 heterocycles. The molecular weight excluding hydrogens is 228 g/mol. The molecular formula is C13H28N4O. The zero-order valence-corrected chi connectivity index (χ0v) is 11.8. The minimum absolute atomic E-state index is 0.345. The Kier molecular flexibility index (Phi) is 7.05. The summed E-state index contributed by atoms with van der Waals surface area (Å²) in [5.41, 5.74) is 5.47. The maximum atomic E-state index is 8.48. The molecule has 1 saturated heterocycles. The highest BCUT2D eigenvalue weighted by Crippen LogP contribution is 2.13. The van der Waals surface area contributed by atoms with Gasteiger partial charge in [0.05, 0.1) is 0 Å². The van der Waals surface area contributed by atoms with Crippen molar-refractivity contribution in [2.75, 3.05) is 33.2 Å². The van der Waals surface area contributed by atoms with E-state index in [9.17, 15) is 0 Å². The van der Waals surface area contributed by atoms with Crippen LogP contribution in [0.15, 0.2) is 5.16 Å². The molecule has 106 valence electrons. The molecule has 18 heavy (non-hydrogen) atoms. The molecule has 5 nitrogen and oxygen atoms in total. The van der Waals surface area contributed by atoms with Crippen molar-refractivity contribution in [1.29, 1.82) is 0 Å². The largest absolute Gasteiger partial charge is 0.409 e. The first-order valence-electron chi connectivity index (χ1n) is 7.06. The van der Waals surface area contributed by atoms with Gasteiger partial charge in [-0.15, -0.1) is 0 Å². The van der Waals surface area contributed by atoms with Gasteiger partial charge in [0.1, 0.15) is 5.84 Å². The van der Waals surface area contributed by atoms with Crippen molar-refractivity contribution in [3.63, 3.8) is 0 Å². The highest BCUT2D eigenvalue weighted by molar-refractivity contribution is 5.79. The lowest BCUT2D eigenvalue weighted by Gasteiger charge is -2.30. The second-order valence-electron chi connectivity index (χ2n) is 5.26. The first-order chi connectivity index (χ1) is 8.67. The molecule has 1 rings (SSSR count). The second-order valence-corrected chi connectivity index (χ2v) is 5.26. The molecule has 1 unspecified atom stereocenters. The molecule has 0 saturated carbocycles. The van der Waals surface area contributed by atoms with Gasteiger partial charge in [-0.25, -0.2) is 0 Å². The Bertz CT molecular complexity index is 257. The van der Waals surface area contributed by atoms with E-state index in [4.69, 9.17) is 10.9 Å². The van der Waals surface area contributed by atoms with Crippen molar-refractivity contribution >= 4 is 5.84 Å². The van der Waals surface area contributed by atoms with Gasteiger partial charge in [-0.05, 0) is 52.4 Å². The number of unbranched alkanes of at least 4 members (excludes halogenated alkanes) is 1. The lowest BCUT2D eigenvalue weighted by molar-refractivity contribution is 0.181. The van der Waals surface area contributed by atoms with Crippen molar-refractivity contribution < 1.29 is 5.21 Å². The van der Waals surface area contributed by atoms with E-state index in [1.165, 1.54) is 32.5 Å². The third-order valence-corrected chi connectivity index (χ3v) is 3.75. The smallest absolute Gasteiger partial charge is 0.139 e. The number of hydrogen-bond acceptors (Lipinski definition) is 4. The molecule has 3 N–H and O–H groups in total. The van der Waals surface area contributed by atoms with E-state index in [2.05, 4.69) is 28.9 Å². The molecule has 0 spiro atoms. The first-order valence-corrected chi connectivity index (χ1v) is 7.06. The maximum Gasteiger partial charge on any atom is 0.139 e. The monoisotopic (exact) mass is 256 g/mol. The van der Waals surface area contributed by atoms with Crippen LogP contribution in [-0.4, -0.2) is 60.1 Å². The fraction of sp³-hybridized carbons (Fsp3) is 0.923. The third-order valence-electron chi connectivity index (χ3n) is 3.75. The van der Waals surface area contributed by atoms with Crippen LogP contribution in [0.2, 0.25) is 0 Å². The topological polar surface area (TPSA) is 65.1 Å². The van der Waals surface area contributed by atoms with E-state index < -0.39 is 0 Å². The van der Waals surface area contributed by atoms with Crippen LogP contribution in [0.3, 0.4) is 0 Å². The summed E-state index contributed by atoms with van der Waals surface area (Å²) in [7, 11) is 2.21. The molecule has 0 aromatic heterocycles. The van der Waals surface area contributed by atoms with Gasteiger partial charge < -0.3 is 15.8 Å². The second kappa shape index (κ2) is 8.32. The summed E-state index contributed by atoms with van der Waals surface area (Å²) in [5, 5.41) is 11.5. The summed E-state index contributed by atoms with van der Waals surface area (Å²) in [5.74, 6) is 0.345. The number of hydrogen-bond donors (Lipinski definition) is 2. The van der Waals surface area contributed by atoms with Gasteiger partial charge in [0, 0.05) is 19.0 Å². The summed E-state index contributed by atoms with van der Waals surface area (Å²) in [6.45, 7) is 6.98. The molecule has 5 heteroatoms.